The predicted octanol–water partition coefficient (Wildman–Crippen LogP) is 0.393. The van der Waals surface area contributed by atoms with Crippen molar-refractivity contribution in [3.05, 3.63) is 0 Å². The van der Waals surface area contributed by atoms with E-state index in [4.69, 9.17) is 14.6 Å². The highest BCUT2D eigenvalue weighted by Gasteiger charge is 2.43. The van der Waals surface area contributed by atoms with Gasteiger partial charge in [-0.2, -0.15) is 0 Å². The standard InChI is InChI=1S/C13H22N2O5/c1-13(20-7-11(16)17)8-15(9-13)12(18)14(2)6-10-4-3-5-19-10/h10H,3-9H2,1-2H3,(H,16,17). The summed E-state index contributed by atoms with van der Waals surface area (Å²) in [6.07, 6.45) is 2.19. The number of ether oxygens (including phenoxy) is 2. The molecule has 0 aromatic heterocycles. The second kappa shape index (κ2) is 5.97. The Kier molecular flexibility index (Phi) is 4.49. The molecule has 0 aromatic rings. The average Bonchev–Trinajstić information content (AvgIpc) is 2.84. The van der Waals surface area contributed by atoms with Gasteiger partial charge in [-0.1, -0.05) is 0 Å². The molecule has 20 heavy (non-hydrogen) atoms. The van der Waals surface area contributed by atoms with Gasteiger partial charge in [0.15, 0.2) is 0 Å². The van der Waals surface area contributed by atoms with Crippen molar-refractivity contribution >= 4 is 12.0 Å². The monoisotopic (exact) mass is 286 g/mol. The molecule has 1 N–H and O–H groups in total. The van der Waals surface area contributed by atoms with Crippen molar-refractivity contribution in [2.24, 2.45) is 0 Å². The smallest absolute Gasteiger partial charge is 0.329 e. The van der Waals surface area contributed by atoms with Crippen molar-refractivity contribution in [2.45, 2.75) is 31.5 Å². The number of urea groups is 1. The molecule has 0 aromatic carbocycles. The van der Waals surface area contributed by atoms with Gasteiger partial charge in [-0.25, -0.2) is 9.59 Å². The molecule has 7 nitrogen and oxygen atoms in total. The van der Waals surface area contributed by atoms with Gasteiger partial charge in [-0.3, -0.25) is 0 Å². The number of rotatable bonds is 5. The van der Waals surface area contributed by atoms with Gasteiger partial charge >= 0.3 is 12.0 Å². The SMILES string of the molecule is CN(CC1CCCO1)C(=O)N1CC(C)(OCC(=O)O)C1. The van der Waals surface area contributed by atoms with Crippen LogP contribution in [-0.4, -0.2) is 78.5 Å². The maximum Gasteiger partial charge on any atom is 0.329 e. The van der Waals surface area contributed by atoms with Crippen molar-refractivity contribution in [1.82, 2.24) is 9.80 Å². The average molecular weight is 286 g/mol. The van der Waals surface area contributed by atoms with Gasteiger partial charge in [0, 0.05) is 20.2 Å². The lowest BCUT2D eigenvalue weighted by atomic mass is 9.97. The first-order chi connectivity index (χ1) is 9.39. The zero-order valence-electron chi connectivity index (χ0n) is 12.0. The first kappa shape index (κ1) is 15.1. The first-order valence-electron chi connectivity index (χ1n) is 6.87. The van der Waals surface area contributed by atoms with Gasteiger partial charge in [0.25, 0.3) is 0 Å². The predicted molar refractivity (Wildman–Crippen MR) is 70.6 cm³/mol. The maximum atomic E-state index is 12.2. The molecule has 7 heteroatoms. The van der Waals surface area contributed by atoms with E-state index in [2.05, 4.69) is 0 Å². The summed E-state index contributed by atoms with van der Waals surface area (Å²) in [5, 5.41) is 8.59. The Morgan fingerprint density at radius 2 is 2.20 bits per heavy atom. The van der Waals surface area contributed by atoms with Crippen LogP contribution in [0.1, 0.15) is 19.8 Å². The lowest BCUT2D eigenvalue weighted by Gasteiger charge is -2.48. The van der Waals surface area contributed by atoms with Gasteiger partial charge in [-0.15, -0.1) is 0 Å². The lowest BCUT2D eigenvalue weighted by Crippen LogP contribution is -2.65. The van der Waals surface area contributed by atoms with Gasteiger partial charge < -0.3 is 24.4 Å². The van der Waals surface area contributed by atoms with Crippen molar-refractivity contribution in [3.63, 3.8) is 0 Å². The van der Waals surface area contributed by atoms with Crippen LogP contribution in [0.25, 0.3) is 0 Å². The fourth-order valence-corrected chi connectivity index (χ4v) is 2.64. The van der Waals surface area contributed by atoms with Gasteiger partial charge in [0.2, 0.25) is 0 Å². The number of carboxylic acids is 1. The van der Waals surface area contributed by atoms with Crippen molar-refractivity contribution in [1.29, 1.82) is 0 Å². The lowest BCUT2D eigenvalue weighted by molar-refractivity contribution is -0.160. The Balaban J connectivity index is 1.73. The Morgan fingerprint density at radius 3 is 2.75 bits per heavy atom. The van der Waals surface area contributed by atoms with E-state index in [0.717, 1.165) is 19.4 Å². The molecular weight excluding hydrogens is 264 g/mol. The van der Waals surface area contributed by atoms with E-state index in [0.29, 0.717) is 19.6 Å². The van der Waals surface area contributed by atoms with Crippen LogP contribution in [-0.2, 0) is 14.3 Å². The number of carbonyl (C=O) groups is 2. The van der Waals surface area contributed by atoms with E-state index in [1.165, 1.54) is 0 Å². The van der Waals surface area contributed by atoms with Crippen molar-refractivity contribution in [2.75, 3.05) is 39.9 Å². The minimum absolute atomic E-state index is 0.0584. The second-order valence-corrected chi connectivity index (χ2v) is 5.79. The molecule has 0 aliphatic carbocycles. The van der Waals surface area contributed by atoms with Crippen molar-refractivity contribution in [3.8, 4) is 0 Å². The minimum atomic E-state index is -0.994. The summed E-state index contributed by atoms with van der Waals surface area (Å²) in [5.74, 6) is -0.994. The number of likely N-dealkylation sites (N-methyl/N-ethyl adjacent to an activating group) is 1. The molecule has 0 spiro atoms. The molecule has 2 rings (SSSR count). The topological polar surface area (TPSA) is 79.3 Å². The van der Waals surface area contributed by atoms with Crippen LogP contribution >= 0.6 is 0 Å². The molecule has 2 heterocycles. The van der Waals surface area contributed by atoms with Gasteiger partial charge in [0.05, 0.1) is 19.2 Å². The molecule has 0 saturated carbocycles. The summed E-state index contributed by atoms with van der Waals surface area (Å²) in [7, 11) is 1.76. The van der Waals surface area contributed by atoms with Crippen molar-refractivity contribution < 1.29 is 24.2 Å². The fraction of sp³-hybridized carbons (Fsp3) is 0.846. The molecule has 1 atom stereocenters. The van der Waals surface area contributed by atoms with E-state index < -0.39 is 11.6 Å². The molecule has 1 unspecified atom stereocenters. The zero-order chi connectivity index (χ0) is 14.8. The molecule has 0 radical (unpaired) electrons. The number of hydrogen-bond donors (Lipinski definition) is 1. The number of carboxylic acid groups (broad SMARTS) is 1. The highest BCUT2D eigenvalue weighted by molar-refractivity contribution is 5.75. The minimum Gasteiger partial charge on any atom is -0.480 e. The summed E-state index contributed by atoms with van der Waals surface area (Å²) in [5.41, 5.74) is -0.543. The number of amides is 2. The summed E-state index contributed by atoms with van der Waals surface area (Å²) in [4.78, 5) is 26.0. The summed E-state index contributed by atoms with van der Waals surface area (Å²) >= 11 is 0. The molecule has 2 aliphatic rings. The third-order valence-electron chi connectivity index (χ3n) is 3.69. The normalized spacial score (nSPS) is 24.3. The molecule has 2 fully saturated rings. The Hall–Kier alpha value is -1.34. The summed E-state index contributed by atoms with van der Waals surface area (Å²) < 4.78 is 10.8. The highest BCUT2D eigenvalue weighted by Crippen LogP contribution is 2.25. The van der Waals surface area contributed by atoms with E-state index in [1.807, 2.05) is 6.92 Å². The van der Waals surface area contributed by atoms with E-state index in [9.17, 15) is 9.59 Å². The van der Waals surface area contributed by atoms with Crippen LogP contribution in [0.5, 0.6) is 0 Å². The van der Waals surface area contributed by atoms with Gasteiger partial charge in [-0.05, 0) is 19.8 Å². The molecule has 2 saturated heterocycles. The highest BCUT2D eigenvalue weighted by atomic mass is 16.5. The Labute approximate surface area is 118 Å². The second-order valence-electron chi connectivity index (χ2n) is 5.79. The molecule has 114 valence electrons. The maximum absolute atomic E-state index is 12.2. The van der Waals surface area contributed by atoms with Crippen LogP contribution in [0.15, 0.2) is 0 Å². The van der Waals surface area contributed by atoms with Crippen LogP contribution in [0.3, 0.4) is 0 Å². The van der Waals surface area contributed by atoms with Crippen LogP contribution < -0.4 is 0 Å². The largest absolute Gasteiger partial charge is 0.480 e. The molecule has 2 amide bonds. The van der Waals surface area contributed by atoms with E-state index in [1.54, 1.807) is 16.8 Å². The third kappa shape index (κ3) is 3.61. The third-order valence-corrected chi connectivity index (χ3v) is 3.69. The Morgan fingerprint density at radius 1 is 1.50 bits per heavy atom. The quantitative estimate of drug-likeness (QED) is 0.791. The summed E-state index contributed by atoms with van der Waals surface area (Å²) in [6.45, 7) is 3.72. The van der Waals surface area contributed by atoms with Gasteiger partial charge in [0.1, 0.15) is 12.2 Å². The number of likely N-dealkylation sites (tertiary alicyclic amines) is 1. The summed E-state index contributed by atoms with van der Waals surface area (Å²) in [6, 6.07) is -0.0584. The van der Waals surface area contributed by atoms with Crippen LogP contribution in [0, 0.1) is 0 Å². The first-order valence-corrected chi connectivity index (χ1v) is 6.87. The molecular formula is C13H22N2O5. The molecule has 2 aliphatic heterocycles. The van der Waals surface area contributed by atoms with Crippen LogP contribution in [0.2, 0.25) is 0 Å². The number of aliphatic carboxylic acids is 1. The number of nitrogens with zero attached hydrogens (tertiary/aromatic N) is 2. The Bertz CT molecular complexity index is 375. The molecule has 0 bridgehead atoms. The van der Waals surface area contributed by atoms with E-state index in [-0.39, 0.29) is 18.7 Å². The fourth-order valence-electron chi connectivity index (χ4n) is 2.64. The number of carbonyl (C=O) groups excluding carboxylic acids is 1. The van der Waals surface area contributed by atoms with E-state index >= 15 is 0 Å². The number of hydrogen-bond acceptors (Lipinski definition) is 4. The van der Waals surface area contributed by atoms with Crippen LogP contribution in [0.4, 0.5) is 4.79 Å². The zero-order valence-corrected chi connectivity index (χ0v) is 12.0.